The number of aliphatic hydroxyl groups is 2. The van der Waals surface area contributed by atoms with Crippen LogP contribution in [0.2, 0.25) is 0 Å². The third kappa shape index (κ3) is 6.60. The molecule has 0 heterocycles. The molecular formula is C16H26N2O3. The Morgan fingerprint density at radius 3 is 2.43 bits per heavy atom. The van der Waals surface area contributed by atoms with Gasteiger partial charge in [-0.1, -0.05) is 44.2 Å². The van der Waals surface area contributed by atoms with E-state index in [0.717, 1.165) is 5.56 Å². The first-order valence-electron chi connectivity index (χ1n) is 7.22. The van der Waals surface area contributed by atoms with Gasteiger partial charge >= 0.3 is 6.03 Å². The van der Waals surface area contributed by atoms with Crippen LogP contribution in [0.25, 0.3) is 0 Å². The Bertz CT molecular complexity index is 432. The average Bonchev–Trinajstić information content (AvgIpc) is 2.42. The minimum absolute atomic E-state index is 0.158. The van der Waals surface area contributed by atoms with Crippen LogP contribution in [-0.2, 0) is 0 Å². The van der Waals surface area contributed by atoms with Crippen LogP contribution in [0.3, 0.4) is 0 Å². The number of hydrogen-bond acceptors (Lipinski definition) is 3. The zero-order valence-electron chi connectivity index (χ0n) is 13.0. The molecule has 21 heavy (non-hydrogen) atoms. The van der Waals surface area contributed by atoms with Crippen molar-refractivity contribution in [2.75, 3.05) is 13.2 Å². The number of hydrogen-bond donors (Lipinski definition) is 4. The number of carbonyl (C=O) groups is 1. The first-order chi connectivity index (χ1) is 9.84. The monoisotopic (exact) mass is 294 g/mol. The summed E-state index contributed by atoms with van der Waals surface area (Å²) in [6, 6.07) is 8.59. The molecule has 2 atom stereocenters. The van der Waals surface area contributed by atoms with Crippen LogP contribution in [0.1, 0.15) is 38.8 Å². The van der Waals surface area contributed by atoms with Gasteiger partial charge in [0.2, 0.25) is 0 Å². The van der Waals surface area contributed by atoms with Gasteiger partial charge < -0.3 is 20.8 Å². The van der Waals surface area contributed by atoms with E-state index in [4.69, 9.17) is 0 Å². The molecule has 1 aromatic carbocycles. The summed E-state index contributed by atoms with van der Waals surface area (Å²) in [6.07, 6.45) is 0.203. The summed E-state index contributed by atoms with van der Waals surface area (Å²) in [5.74, 6) is 0. The van der Waals surface area contributed by atoms with Gasteiger partial charge in [-0.2, -0.15) is 0 Å². The van der Waals surface area contributed by atoms with E-state index in [2.05, 4.69) is 10.6 Å². The van der Waals surface area contributed by atoms with E-state index < -0.39 is 12.1 Å². The third-order valence-corrected chi connectivity index (χ3v) is 3.27. The van der Waals surface area contributed by atoms with Crippen molar-refractivity contribution in [3.05, 3.63) is 35.9 Å². The van der Waals surface area contributed by atoms with Gasteiger partial charge in [-0.15, -0.1) is 0 Å². The van der Waals surface area contributed by atoms with Gasteiger partial charge in [0.05, 0.1) is 18.8 Å². The van der Waals surface area contributed by atoms with E-state index in [0.29, 0.717) is 13.0 Å². The number of amides is 2. The summed E-state index contributed by atoms with van der Waals surface area (Å²) in [4.78, 5) is 11.9. The fourth-order valence-electron chi connectivity index (χ4n) is 2.32. The molecule has 2 unspecified atom stereocenters. The molecule has 0 saturated carbocycles. The molecule has 4 N–H and O–H groups in total. The lowest BCUT2D eigenvalue weighted by molar-refractivity contribution is 0.128. The highest BCUT2D eigenvalue weighted by Gasteiger charge is 2.22. The third-order valence-electron chi connectivity index (χ3n) is 3.27. The summed E-state index contributed by atoms with van der Waals surface area (Å²) in [7, 11) is 0. The molecule has 118 valence electrons. The molecule has 0 spiro atoms. The first-order valence-corrected chi connectivity index (χ1v) is 7.22. The molecular weight excluding hydrogens is 268 g/mol. The van der Waals surface area contributed by atoms with Crippen LogP contribution < -0.4 is 10.6 Å². The predicted octanol–water partition coefficient (Wildman–Crippen LogP) is 1.82. The van der Waals surface area contributed by atoms with Crippen molar-refractivity contribution in [3.8, 4) is 0 Å². The Hall–Kier alpha value is -1.59. The summed E-state index contributed by atoms with van der Waals surface area (Å²) in [5, 5.41) is 24.4. The second-order valence-electron chi connectivity index (χ2n) is 6.19. The second kappa shape index (κ2) is 8.00. The first kappa shape index (κ1) is 17.5. The number of aliphatic hydroxyl groups excluding tert-OH is 2. The molecule has 0 aliphatic rings. The van der Waals surface area contributed by atoms with Gasteiger partial charge in [-0.25, -0.2) is 4.79 Å². The van der Waals surface area contributed by atoms with Crippen molar-refractivity contribution >= 4 is 6.03 Å². The molecule has 0 aliphatic carbocycles. The van der Waals surface area contributed by atoms with Gasteiger partial charge in [0.25, 0.3) is 0 Å². The molecule has 0 aromatic heterocycles. The number of urea groups is 1. The van der Waals surface area contributed by atoms with E-state index in [1.54, 1.807) is 6.92 Å². The minimum atomic E-state index is -0.425. The molecule has 1 aromatic rings. The van der Waals surface area contributed by atoms with Crippen molar-refractivity contribution in [2.24, 2.45) is 5.41 Å². The second-order valence-corrected chi connectivity index (χ2v) is 6.19. The lowest BCUT2D eigenvalue weighted by atomic mass is 9.87. The number of benzene rings is 1. The Kier molecular flexibility index (Phi) is 6.65. The molecule has 0 fully saturated rings. The average molecular weight is 294 g/mol. The molecule has 2 amide bonds. The SMILES string of the molecule is CC(O)CC(C)(C)CNC(=O)NC(CO)c1ccccc1. The molecule has 5 nitrogen and oxygen atoms in total. The predicted molar refractivity (Wildman–Crippen MR) is 82.9 cm³/mol. The number of carbonyl (C=O) groups excluding carboxylic acids is 1. The maximum absolute atomic E-state index is 11.9. The van der Waals surface area contributed by atoms with Gasteiger partial charge in [0.15, 0.2) is 0 Å². The van der Waals surface area contributed by atoms with Crippen LogP contribution >= 0.6 is 0 Å². The van der Waals surface area contributed by atoms with E-state index in [9.17, 15) is 15.0 Å². The van der Waals surface area contributed by atoms with Crippen LogP contribution in [0, 0.1) is 5.41 Å². The summed E-state index contributed by atoms with van der Waals surface area (Å²) >= 11 is 0. The number of rotatable bonds is 7. The smallest absolute Gasteiger partial charge is 0.315 e. The number of nitrogens with one attached hydrogen (secondary N) is 2. The lowest BCUT2D eigenvalue weighted by Crippen LogP contribution is -2.43. The van der Waals surface area contributed by atoms with Crippen LogP contribution in [0.4, 0.5) is 4.79 Å². The highest BCUT2D eigenvalue weighted by Crippen LogP contribution is 2.21. The van der Waals surface area contributed by atoms with E-state index in [-0.39, 0.29) is 18.1 Å². The quantitative estimate of drug-likeness (QED) is 0.619. The zero-order chi connectivity index (χ0) is 15.9. The topological polar surface area (TPSA) is 81.6 Å². The van der Waals surface area contributed by atoms with E-state index in [1.165, 1.54) is 0 Å². The maximum atomic E-state index is 11.9. The summed E-state index contributed by atoms with van der Waals surface area (Å²) < 4.78 is 0. The van der Waals surface area contributed by atoms with Gasteiger partial charge in [-0.3, -0.25) is 0 Å². The normalized spacial score (nSPS) is 14.3. The van der Waals surface area contributed by atoms with Crippen LogP contribution in [-0.4, -0.2) is 35.5 Å². The van der Waals surface area contributed by atoms with Crippen molar-refractivity contribution < 1.29 is 15.0 Å². The Morgan fingerprint density at radius 2 is 1.90 bits per heavy atom. The molecule has 0 radical (unpaired) electrons. The zero-order valence-corrected chi connectivity index (χ0v) is 13.0. The van der Waals surface area contributed by atoms with Crippen molar-refractivity contribution in [1.82, 2.24) is 10.6 Å². The van der Waals surface area contributed by atoms with Gasteiger partial charge in [0.1, 0.15) is 0 Å². The van der Waals surface area contributed by atoms with E-state index in [1.807, 2.05) is 44.2 Å². The molecule has 0 aliphatic heterocycles. The van der Waals surface area contributed by atoms with E-state index >= 15 is 0 Å². The summed E-state index contributed by atoms with van der Waals surface area (Å²) in [5.41, 5.74) is 0.672. The van der Waals surface area contributed by atoms with Gasteiger partial charge in [0, 0.05) is 6.54 Å². The molecule has 5 heteroatoms. The Morgan fingerprint density at radius 1 is 1.29 bits per heavy atom. The summed E-state index contributed by atoms with van der Waals surface area (Å²) in [6.45, 7) is 6.01. The van der Waals surface area contributed by atoms with Crippen LogP contribution in [0.15, 0.2) is 30.3 Å². The maximum Gasteiger partial charge on any atom is 0.315 e. The fourth-order valence-corrected chi connectivity index (χ4v) is 2.32. The highest BCUT2D eigenvalue weighted by atomic mass is 16.3. The van der Waals surface area contributed by atoms with Crippen molar-refractivity contribution in [1.29, 1.82) is 0 Å². The van der Waals surface area contributed by atoms with Crippen molar-refractivity contribution in [2.45, 2.75) is 39.3 Å². The Balaban J connectivity index is 2.49. The fraction of sp³-hybridized carbons (Fsp3) is 0.562. The lowest BCUT2D eigenvalue weighted by Gasteiger charge is -2.27. The Labute approximate surface area is 126 Å². The largest absolute Gasteiger partial charge is 0.394 e. The van der Waals surface area contributed by atoms with Gasteiger partial charge in [-0.05, 0) is 24.3 Å². The molecule has 0 saturated heterocycles. The highest BCUT2D eigenvalue weighted by molar-refractivity contribution is 5.74. The minimum Gasteiger partial charge on any atom is -0.394 e. The molecule has 1 rings (SSSR count). The molecule has 0 bridgehead atoms. The van der Waals surface area contributed by atoms with Crippen LogP contribution in [0.5, 0.6) is 0 Å². The van der Waals surface area contributed by atoms with Crippen molar-refractivity contribution in [3.63, 3.8) is 0 Å². The standard InChI is InChI=1S/C16H26N2O3/c1-12(20)9-16(2,3)11-17-15(21)18-14(10-19)13-7-5-4-6-8-13/h4-8,12,14,19-20H,9-11H2,1-3H3,(H2,17,18,21).